The first-order chi connectivity index (χ1) is 16.0. The number of hydrogen-bond donors (Lipinski definition) is 1. The van der Waals surface area contributed by atoms with Crippen LogP contribution in [0.5, 0.6) is 0 Å². The SMILES string of the molecule is CC(C)C(C1CC(NC(=O)OC(C)(C)C)C1)N1CC2(CCN(C(=O)OCc3ccccc3)C2)C1. The fraction of sp³-hybridized carbons (Fsp3) is 0.704. The van der Waals surface area contributed by atoms with Gasteiger partial charge in [-0.1, -0.05) is 44.2 Å². The number of hydrogen-bond acceptors (Lipinski definition) is 5. The minimum Gasteiger partial charge on any atom is -0.445 e. The molecule has 0 aromatic heterocycles. The van der Waals surface area contributed by atoms with E-state index in [2.05, 4.69) is 24.1 Å². The highest BCUT2D eigenvalue weighted by molar-refractivity contribution is 5.68. The van der Waals surface area contributed by atoms with E-state index in [4.69, 9.17) is 9.47 Å². The number of benzene rings is 1. The average Bonchev–Trinajstić information content (AvgIpc) is 3.15. The van der Waals surface area contributed by atoms with Crippen LogP contribution >= 0.6 is 0 Å². The van der Waals surface area contributed by atoms with Gasteiger partial charge in [-0.05, 0) is 57.4 Å². The molecule has 0 radical (unpaired) electrons. The summed E-state index contributed by atoms with van der Waals surface area (Å²) in [7, 11) is 0. The second-order valence-corrected chi connectivity index (χ2v) is 11.9. The predicted octanol–water partition coefficient (Wildman–Crippen LogP) is 4.66. The average molecular weight is 472 g/mol. The first kappa shape index (κ1) is 24.8. The molecular formula is C27H41N3O4. The third-order valence-corrected chi connectivity index (χ3v) is 7.46. The molecule has 3 fully saturated rings. The number of amides is 2. The fourth-order valence-corrected chi connectivity index (χ4v) is 5.98. The van der Waals surface area contributed by atoms with Gasteiger partial charge in [0.1, 0.15) is 12.2 Å². The predicted molar refractivity (Wildman–Crippen MR) is 131 cm³/mol. The minimum absolute atomic E-state index is 0.199. The maximum absolute atomic E-state index is 12.6. The van der Waals surface area contributed by atoms with E-state index in [1.807, 2.05) is 56.0 Å². The van der Waals surface area contributed by atoms with E-state index in [1.54, 1.807) is 0 Å². The van der Waals surface area contributed by atoms with Crippen LogP contribution in [-0.2, 0) is 16.1 Å². The van der Waals surface area contributed by atoms with Crippen LogP contribution in [0.2, 0.25) is 0 Å². The quantitative estimate of drug-likeness (QED) is 0.653. The van der Waals surface area contributed by atoms with Crippen molar-refractivity contribution in [2.45, 2.75) is 78.2 Å². The van der Waals surface area contributed by atoms with E-state index < -0.39 is 5.60 Å². The van der Waals surface area contributed by atoms with Gasteiger partial charge in [-0.2, -0.15) is 0 Å². The van der Waals surface area contributed by atoms with Crippen molar-refractivity contribution in [2.75, 3.05) is 26.2 Å². The summed E-state index contributed by atoms with van der Waals surface area (Å²) in [5, 5.41) is 3.02. The van der Waals surface area contributed by atoms with Gasteiger partial charge in [-0.3, -0.25) is 4.90 Å². The number of alkyl carbamates (subject to hydrolysis) is 1. The van der Waals surface area contributed by atoms with Crippen LogP contribution in [0.25, 0.3) is 0 Å². The lowest BCUT2D eigenvalue weighted by Crippen LogP contribution is -2.65. The largest absolute Gasteiger partial charge is 0.445 e. The molecule has 2 heterocycles. The van der Waals surface area contributed by atoms with Crippen LogP contribution in [0, 0.1) is 17.3 Å². The highest BCUT2D eigenvalue weighted by atomic mass is 16.6. The Balaban J connectivity index is 1.22. The molecule has 34 heavy (non-hydrogen) atoms. The number of carbonyl (C=O) groups excluding carboxylic acids is 2. The van der Waals surface area contributed by atoms with Crippen LogP contribution in [0.3, 0.4) is 0 Å². The third kappa shape index (κ3) is 5.85. The highest BCUT2D eigenvalue weighted by Crippen LogP contribution is 2.45. The summed E-state index contributed by atoms with van der Waals surface area (Å²) in [6, 6.07) is 10.5. The Morgan fingerprint density at radius 2 is 1.79 bits per heavy atom. The van der Waals surface area contributed by atoms with Gasteiger partial charge in [-0.25, -0.2) is 9.59 Å². The maximum atomic E-state index is 12.6. The molecule has 2 saturated heterocycles. The van der Waals surface area contributed by atoms with Crippen molar-refractivity contribution in [3.8, 4) is 0 Å². The molecule has 3 aliphatic rings. The van der Waals surface area contributed by atoms with Crippen molar-refractivity contribution >= 4 is 12.2 Å². The van der Waals surface area contributed by atoms with E-state index in [9.17, 15) is 9.59 Å². The lowest BCUT2D eigenvalue weighted by molar-refractivity contribution is -0.0734. The van der Waals surface area contributed by atoms with E-state index in [1.165, 1.54) is 0 Å². The fourth-order valence-electron chi connectivity index (χ4n) is 5.98. The topological polar surface area (TPSA) is 71.1 Å². The maximum Gasteiger partial charge on any atom is 0.410 e. The molecule has 0 bridgehead atoms. The molecular weight excluding hydrogens is 430 g/mol. The van der Waals surface area contributed by atoms with Gasteiger partial charge in [0.25, 0.3) is 0 Å². The molecule has 1 unspecified atom stereocenters. The Morgan fingerprint density at radius 3 is 2.41 bits per heavy atom. The van der Waals surface area contributed by atoms with E-state index in [0.29, 0.717) is 24.5 Å². The number of rotatable bonds is 6. The summed E-state index contributed by atoms with van der Waals surface area (Å²) in [6.07, 6.45) is 2.54. The third-order valence-electron chi connectivity index (χ3n) is 7.46. The van der Waals surface area contributed by atoms with Crippen LogP contribution < -0.4 is 5.32 Å². The number of nitrogens with zero attached hydrogens (tertiary/aromatic N) is 2. The summed E-state index contributed by atoms with van der Waals surface area (Å²) in [5.74, 6) is 1.14. The second-order valence-electron chi connectivity index (χ2n) is 11.9. The molecule has 7 nitrogen and oxygen atoms in total. The van der Waals surface area contributed by atoms with Gasteiger partial charge in [0.2, 0.25) is 0 Å². The zero-order valence-electron chi connectivity index (χ0n) is 21.4. The first-order valence-electron chi connectivity index (χ1n) is 12.7. The standard InChI is InChI=1S/C27H41N3O4/c1-19(2)23(21-13-22(14-21)28-24(31)34-26(3,4)5)30-17-27(18-30)11-12-29(16-27)25(32)33-15-20-9-7-6-8-10-20/h6-10,19,21-23H,11-18H2,1-5H3,(H,28,31). The Kier molecular flexibility index (Phi) is 7.13. The number of likely N-dealkylation sites (tertiary alicyclic amines) is 2. The molecule has 1 N–H and O–H groups in total. The lowest BCUT2D eigenvalue weighted by Gasteiger charge is -2.56. The number of ether oxygens (including phenoxy) is 2. The molecule has 1 saturated carbocycles. The first-order valence-corrected chi connectivity index (χ1v) is 12.7. The van der Waals surface area contributed by atoms with Gasteiger partial charge in [0, 0.05) is 43.7 Å². The monoisotopic (exact) mass is 471 g/mol. The smallest absolute Gasteiger partial charge is 0.410 e. The molecule has 1 aliphatic carbocycles. The van der Waals surface area contributed by atoms with Gasteiger partial charge < -0.3 is 19.7 Å². The van der Waals surface area contributed by atoms with Crippen LogP contribution in [0.15, 0.2) is 30.3 Å². The van der Waals surface area contributed by atoms with Crippen LogP contribution in [0.1, 0.15) is 59.4 Å². The van der Waals surface area contributed by atoms with E-state index >= 15 is 0 Å². The van der Waals surface area contributed by atoms with Crippen molar-refractivity contribution in [1.82, 2.24) is 15.1 Å². The number of carbonyl (C=O) groups is 2. The molecule has 1 atom stereocenters. The molecule has 4 rings (SSSR count). The van der Waals surface area contributed by atoms with Gasteiger partial charge in [0.05, 0.1) is 0 Å². The van der Waals surface area contributed by atoms with E-state index in [0.717, 1.165) is 51.0 Å². The van der Waals surface area contributed by atoms with Gasteiger partial charge >= 0.3 is 12.2 Å². The Morgan fingerprint density at radius 1 is 1.12 bits per heavy atom. The van der Waals surface area contributed by atoms with Gasteiger partial charge in [0.15, 0.2) is 0 Å². The Bertz CT molecular complexity index is 854. The van der Waals surface area contributed by atoms with Crippen molar-refractivity contribution in [3.63, 3.8) is 0 Å². The summed E-state index contributed by atoms with van der Waals surface area (Å²) in [5.41, 5.74) is 0.749. The van der Waals surface area contributed by atoms with E-state index in [-0.39, 0.29) is 23.6 Å². The molecule has 1 aromatic rings. The molecule has 2 amide bonds. The Labute approximate surface area is 204 Å². The van der Waals surface area contributed by atoms with Gasteiger partial charge in [-0.15, -0.1) is 0 Å². The van der Waals surface area contributed by atoms with Crippen molar-refractivity contribution in [3.05, 3.63) is 35.9 Å². The molecule has 7 heteroatoms. The summed E-state index contributed by atoms with van der Waals surface area (Å²) >= 11 is 0. The summed E-state index contributed by atoms with van der Waals surface area (Å²) in [6.45, 7) is 14.2. The zero-order chi connectivity index (χ0) is 24.5. The van der Waals surface area contributed by atoms with Crippen molar-refractivity contribution in [2.24, 2.45) is 17.3 Å². The lowest BCUT2D eigenvalue weighted by atomic mass is 9.68. The summed E-state index contributed by atoms with van der Waals surface area (Å²) in [4.78, 5) is 29.2. The van der Waals surface area contributed by atoms with Crippen molar-refractivity contribution in [1.29, 1.82) is 0 Å². The molecule has 1 aromatic carbocycles. The molecule has 1 spiro atoms. The minimum atomic E-state index is -0.469. The summed E-state index contributed by atoms with van der Waals surface area (Å²) < 4.78 is 11.0. The van der Waals surface area contributed by atoms with Crippen LogP contribution in [0.4, 0.5) is 9.59 Å². The molecule has 188 valence electrons. The normalized spacial score (nSPS) is 24.9. The van der Waals surface area contributed by atoms with Crippen molar-refractivity contribution < 1.29 is 19.1 Å². The zero-order valence-corrected chi connectivity index (χ0v) is 21.4. The highest BCUT2D eigenvalue weighted by Gasteiger charge is 2.53. The number of nitrogens with one attached hydrogen (secondary N) is 1. The second kappa shape index (κ2) is 9.76. The molecule has 2 aliphatic heterocycles. The Hall–Kier alpha value is -2.28. The van der Waals surface area contributed by atoms with Crippen LogP contribution in [-0.4, -0.2) is 65.9 Å².